The van der Waals surface area contributed by atoms with Gasteiger partial charge in [-0.3, -0.25) is 9.59 Å². The van der Waals surface area contributed by atoms with Crippen LogP contribution in [0, 0.1) is 0 Å². The Bertz CT molecular complexity index is 481. The number of hydrogen-bond acceptors (Lipinski definition) is 4. The SMILES string of the molecule is COCC(=O)Nc1ccc(NC(=O)[C@@H]2CCCCN2)cc1. The molecule has 0 aromatic heterocycles. The van der Waals surface area contributed by atoms with Gasteiger partial charge in [-0.2, -0.15) is 0 Å². The molecule has 2 rings (SSSR count). The van der Waals surface area contributed by atoms with Crippen LogP contribution in [0.2, 0.25) is 0 Å². The molecule has 2 amide bonds. The number of methoxy groups -OCH3 is 1. The van der Waals surface area contributed by atoms with Crippen molar-refractivity contribution in [2.45, 2.75) is 25.3 Å². The fourth-order valence-electron chi connectivity index (χ4n) is 2.27. The van der Waals surface area contributed by atoms with E-state index in [0.717, 1.165) is 31.5 Å². The second-order valence-corrected chi connectivity index (χ2v) is 5.05. The summed E-state index contributed by atoms with van der Waals surface area (Å²) >= 11 is 0. The lowest BCUT2D eigenvalue weighted by atomic mass is 10.0. The number of anilines is 2. The summed E-state index contributed by atoms with van der Waals surface area (Å²) in [5.41, 5.74) is 1.39. The van der Waals surface area contributed by atoms with Crippen LogP contribution < -0.4 is 16.0 Å². The summed E-state index contributed by atoms with van der Waals surface area (Å²) in [6, 6.07) is 6.92. The molecule has 6 heteroatoms. The van der Waals surface area contributed by atoms with Crippen LogP contribution in [-0.4, -0.2) is 38.1 Å². The third kappa shape index (κ3) is 4.84. The van der Waals surface area contributed by atoms with E-state index in [0.29, 0.717) is 5.69 Å². The van der Waals surface area contributed by atoms with Crippen molar-refractivity contribution in [2.75, 3.05) is 30.9 Å². The van der Waals surface area contributed by atoms with Gasteiger partial charge >= 0.3 is 0 Å². The summed E-state index contributed by atoms with van der Waals surface area (Å²) < 4.78 is 4.74. The van der Waals surface area contributed by atoms with E-state index in [1.165, 1.54) is 7.11 Å². The Morgan fingerprint density at radius 1 is 1.19 bits per heavy atom. The number of carbonyl (C=O) groups is 2. The number of piperidine rings is 1. The number of amides is 2. The Kier molecular flexibility index (Phi) is 5.71. The molecule has 3 N–H and O–H groups in total. The molecule has 1 fully saturated rings. The quantitative estimate of drug-likeness (QED) is 0.765. The molecule has 21 heavy (non-hydrogen) atoms. The molecular weight excluding hydrogens is 270 g/mol. The monoisotopic (exact) mass is 291 g/mol. The van der Waals surface area contributed by atoms with E-state index in [9.17, 15) is 9.59 Å². The minimum atomic E-state index is -0.208. The van der Waals surface area contributed by atoms with E-state index in [2.05, 4.69) is 16.0 Å². The van der Waals surface area contributed by atoms with Gasteiger partial charge < -0.3 is 20.7 Å². The lowest BCUT2D eigenvalue weighted by Crippen LogP contribution is -2.43. The second-order valence-electron chi connectivity index (χ2n) is 5.05. The maximum Gasteiger partial charge on any atom is 0.250 e. The highest BCUT2D eigenvalue weighted by Gasteiger charge is 2.20. The van der Waals surface area contributed by atoms with Gasteiger partial charge in [0.05, 0.1) is 6.04 Å². The molecule has 1 aliphatic heterocycles. The van der Waals surface area contributed by atoms with Crippen LogP contribution in [0.5, 0.6) is 0 Å². The molecule has 1 saturated heterocycles. The van der Waals surface area contributed by atoms with Crippen LogP contribution in [-0.2, 0) is 14.3 Å². The Morgan fingerprint density at radius 3 is 2.43 bits per heavy atom. The average Bonchev–Trinajstić information content (AvgIpc) is 2.50. The van der Waals surface area contributed by atoms with Crippen molar-refractivity contribution in [2.24, 2.45) is 0 Å². The molecule has 1 aromatic carbocycles. The van der Waals surface area contributed by atoms with Crippen LogP contribution in [0.25, 0.3) is 0 Å². The van der Waals surface area contributed by atoms with Crippen molar-refractivity contribution in [1.82, 2.24) is 5.32 Å². The molecule has 0 saturated carbocycles. The lowest BCUT2D eigenvalue weighted by Gasteiger charge is -2.22. The highest BCUT2D eigenvalue weighted by atomic mass is 16.5. The third-order valence-corrected chi connectivity index (χ3v) is 3.34. The first kappa shape index (κ1) is 15.5. The Balaban J connectivity index is 1.86. The van der Waals surface area contributed by atoms with Crippen LogP contribution in [0.1, 0.15) is 19.3 Å². The van der Waals surface area contributed by atoms with Crippen molar-refractivity contribution >= 4 is 23.2 Å². The van der Waals surface area contributed by atoms with E-state index in [1.807, 2.05) is 0 Å². The van der Waals surface area contributed by atoms with Gasteiger partial charge in [0, 0.05) is 18.5 Å². The zero-order chi connectivity index (χ0) is 15.1. The normalized spacial score (nSPS) is 18.0. The maximum atomic E-state index is 12.1. The van der Waals surface area contributed by atoms with Crippen molar-refractivity contribution in [1.29, 1.82) is 0 Å². The Labute approximate surface area is 124 Å². The van der Waals surface area contributed by atoms with Crippen molar-refractivity contribution < 1.29 is 14.3 Å². The van der Waals surface area contributed by atoms with Crippen LogP contribution in [0.4, 0.5) is 11.4 Å². The predicted molar refractivity (Wildman–Crippen MR) is 81.2 cm³/mol. The fraction of sp³-hybridized carbons (Fsp3) is 0.467. The third-order valence-electron chi connectivity index (χ3n) is 3.34. The molecule has 0 aliphatic carbocycles. The zero-order valence-corrected chi connectivity index (χ0v) is 12.1. The Hall–Kier alpha value is -1.92. The van der Waals surface area contributed by atoms with Gasteiger partial charge in [0.1, 0.15) is 6.61 Å². The minimum Gasteiger partial charge on any atom is -0.375 e. The van der Waals surface area contributed by atoms with Crippen LogP contribution >= 0.6 is 0 Å². The Morgan fingerprint density at radius 2 is 1.86 bits per heavy atom. The molecule has 0 radical (unpaired) electrons. The highest BCUT2D eigenvalue weighted by Crippen LogP contribution is 2.15. The fourth-order valence-corrected chi connectivity index (χ4v) is 2.27. The van der Waals surface area contributed by atoms with Gasteiger partial charge in [0.15, 0.2) is 0 Å². The standard InChI is InChI=1S/C15H21N3O3/c1-21-10-14(19)17-11-5-7-12(8-6-11)18-15(20)13-4-2-3-9-16-13/h5-8,13,16H,2-4,9-10H2,1H3,(H,17,19)(H,18,20)/t13-/m0/s1. The molecule has 1 heterocycles. The molecule has 0 spiro atoms. The van der Waals surface area contributed by atoms with E-state index < -0.39 is 0 Å². The molecule has 0 bridgehead atoms. The van der Waals surface area contributed by atoms with Crippen molar-refractivity contribution in [3.05, 3.63) is 24.3 Å². The van der Waals surface area contributed by atoms with Gasteiger partial charge in [-0.15, -0.1) is 0 Å². The molecule has 1 atom stereocenters. The van der Waals surface area contributed by atoms with Crippen molar-refractivity contribution in [3.63, 3.8) is 0 Å². The molecule has 1 aliphatic rings. The molecular formula is C15H21N3O3. The van der Waals surface area contributed by atoms with Crippen LogP contribution in [0.15, 0.2) is 24.3 Å². The summed E-state index contributed by atoms with van der Waals surface area (Å²) in [6.45, 7) is 0.911. The minimum absolute atomic E-state index is 0.00846. The van der Waals surface area contributed by atoms with Gasteiger partial charge in [-0.25, -0.2) is 0 Å². The zero-order valence-electron chi connectivity index (χ0n) is 12.1. The van der Waals surface area contributed by atoms with Gasteiger partial charge in [0.25, 0.3) is 0 Å². The summed E-state index contributed by atoms with van der Waals surface area (Å²) in [4.78, 5) is 23.4. The van der Waals surface area contributed by atoms with Crippen LogP contribution in [0.3, 0.4) is 0 Å². The van der Waals surface area contributed by atoms with Gasteiger partial charge in [-0.1, -0.05) is 6.42 Å². The molecule has 114 valence electrons. The number of carbonyl (C=O) groups excluding carboxylic acids is 2. The highest BCUT2D eigenvalue weighted by molar-refractivity contribution is 5.95. The number of benzene rings is 1. The first-order valence-corrected chi connectivity index (χ1v) is 7.12. The topological polar surface area (TPSA) is 79.5 Å². The molecule has 1 aromatic rings. The summed E-state index contributed by atoms with van der Waals surface area (Å²) in [5.74, 6) is -0.216. The number of ether oxygens (including phenoxy) is 1. The lowest BCUT2D eigenvalue weighted by molar-refractivity contribution is -0.120. The molecule has 6 nitrogen and oxygen atoms in total. The van der Waals surface area contributed by atoms with Gasteiger partial charge in [-0.05, 0) is 43.7 Å². The summed E-state index contributed by atoms with van der Waals surface area (Å²) in [6.07, 6.45) is 3.08. The second kappa shape index (κ2) is 7.75. The number of nitrogens with one attached hydrogen (secondary N) is 3. The predicted octanol–water partition coefficient (Wildman–Crippen LogP) is 1.35. The smallest absolute Gasteiger partial charge is 0.250 e. The number of hydrogen-bond donors (Lipinski definition) is 3. The average molecular weight is 291 g/mol. The van der Waals surface area contributed by atoms with Gasteiger partial charge in [0.2, 0.25) is 11.8 Å². The summed E-state index contributed by atoms with van der Waals surface area (Å²) in [5, 5.41) is 8.78. The van der Waals surface area contributed by atoms with E-state index in [1.54, 1.807) is 24.3 Å². The largest absolute Gasteiger partial charge is 0.375 e. The molecule has 0 unspecified atom stereocenters. The first-order chi connectivity index (χ1) is 10.2. The van der Waals surface area contributed by atoms with E-state index in [-0.39, 0.29) is 24.5 Å². The van der Waals surface area contributed by atoms with E-state index >= 15 is 0 Å². The number of rotatable bonds is 5. The maximum absolute atomic E-state index is 12.1. The van der Waals surface area contributed by atoms with E-state index in [4.69, 9.17) is 4.74 Å². The summed E-state index contributed by atoms with van der Waals surface area (Å²) in [7, 11) is 1.47. The van der Waals surface area contributed by atoms with Crippen molar-refractivity contribution in [3.8, 4) is 0 Å². The first-order valence-electron chi connectivity index (χ1n) is 7.12.